The second-order valence-corrected chi connectivity index (χ2v) is 7.27. The molecular formula is C19H13BrClFN2O4. The number of carboxylic acids is 1. The molecule has 0 saturated carbocycles. The fourth-order valence-corrected chi connectivity index (χ4v) is 3.60. The van der Waals surface area contributed by atoms with Gasteiger partial charge in [-0.2, -0.15) is 0 Å². The number of amides is 2. The topological polar surface area (TPSA) is 86.7 Å². The summed E-state index contributed by atoms with van der Waals surface area (Å²) < 4.78 is 13.6. The number of urea groups is 1. The zero-order valence-corrected chi connectivity index (χ0v) is 16.5. The summed E-state index contributed by atoms with van der Waals surface area (Å²) in [5.74, 6) is -1.83. The maximum Gasteiger partial charge on any atom is 0.337 e. The van der Waals surface area contributed by atoms with E-state index in [-0.39, 0.29) is 28.5 Å². The second-order valence-electron chi connectivity index (χ2n) is 6.01. The molecule has 0 radical (unpaired) electrons. The molecule has 0 bridgehead atoms. The van der Waals surface area contributed by atoms with Crippen molar-refractivity contribution in [3.05, 3.63) is 75.1 Å². The van der Waals surface area contributed by atoms with Crippen molar-refractivity contribution in [2.24, 2.45) is 0 Å². The highest BCUT2D eigenvalue weighted by molar-refractivity contribution is 9.10. The number of benzene rings is 2. The lowest BCUT2D eigenvalue weighted by molar-refractivity contribution is -0.116. The minimum absolute atomic E-state index is 0.0185. The molecule has 2 N–H and O–H groups in total. The summed E-state index contributed by atoms with van der Waals surface area (Å²) in [6.45, 7) is 0. The highest BCUT2D eigenvalue weighted by Gasteiger charge is 2.29. The number of carbonyl (C=O) groups is 3. The van der Waals surface area contributed by atoms with Crippen LogP contribution in [0.25, 0.3) is 0 Å². The Morgan fingerprint density at radius 2 is 1.93 bits per heavy atom. The van der Waals surface area contributed by atoms with E-state index in [2.05, 4.69) is 21.2 Å². The van der Waals surface area contributed by atoms with E-state index in [4.69, 9.17) is 11.6 Å². The van der Waals surface area contributed by atoms with Crippen LogP contribution in [0.1, 0.15) is 28.4 Å². The minimum atomic E-state index is -1.24. The summed E-state index contributed by atoms with van der Waals surface area (Å²) in [7, 11) is 0. The van der Waals surface area contributed by atoms with Crippen molar-refractivity contribution in [2.75, 3.05) is 5.32 Å². The summed E-state index contributed by atoms with van der Waals surface area (Å²) in [6.07, 6.45) is 2.66. The van der Waals surface area contributed by atoms with E-state index >= 15 is 0 Å². The van der Waals surface area contributed by atoms with E-state index in [1.165, 1.54) is 53.6 Å². The molecule has 2 aromatic rings. The van der Waals surface area contributed by atoms with Crippen LogP contribution in [-0.2, 0) is 4.79 Å². The Balaban J connectivity index is 1.91. The molecule has 6 nitrogen and oxygen atoms in total. The lowest BCUT2D eigenvalue weighted by atomic mass is 9.97. The average molecular weight is 468 g/mol. The summed E-state index contributed by atoms with van der Waals surface area (Å²) in [5, 5.41) is 11.8. The molecule has 0 saturated heterocycles. The van der Waals surface area contributed by atoms with E-state index in [9.17, 15) is 23.9 Å². The number of anilines is 1. The lowest BCUT2D eigenvalue weighted by Crippen LogP contribution is -2.37. The monoisotopic (exact) mass is 466 g/mol. The van der Waals surface area contributed by atoms with Gasteiger partial charge >= 0.3 is 12.0 Å². The first kappa shape index (κ1) is 20.0. The first-order valence-corrected chi connectivity index (χ1v) is 9.21. The Morgan fingerprint density at radius 1 is 1.25 bits per heavy atom. The van der Waals surface area contributed by atoms with Gasteiger partial charge in [0, 0.05) is 17.1 Å². The third-order valence-corrected chi connectivity index (χ3v) is 5.14. The summed E-state index contributed by atoms with van der Waals surface area (Å²) >= 11 is 9.14. The quantitative estimate of drug-likeness (QED) is 0.665. The molecule has 144 valence electrons. The Labute approximate surface area is 172 Å². The van der Waals surface area contributed by atoms with Crippen molar-refractivity contribution in [1.29, 1.82) is 0 Å². The second kappa shape index (κ2) is 8.12. The van der Waals surface area contributed by atoms with Crippen LogP contribution in [0.15, 0.2) is 53.1 Å². The Hall–Kier alpha value is -2.71. The molecule has 1 aliphatic rings. The van der Waals surface area contributed by atoms with Crippen LogP contribution in [0.5, 0.6) is 0 Å². The van der Waals surface area contributed by atoms with Gasteiger partial charge < -0.3 is 10.4 Å². The van der Waals surface area contributed by atoms with Gasteiger partial charge in [-0.1, -0.05) is 23.7 Å². The fraction of sp³-hybridized carbons (Fsp3) is 0.105. The summed E-state index contributed by atoms with van der Waals surface area (Å²) in [5.41, 5.74) is 0.630. The number of halogens is 3. The minimum Gasteiger partial charge on any atom is -0.478 e. The number of aromatic carboxylic acids is 1. The zero-order chi connectivity index (χ0) is 20.4. The molecule has 0 aromatic heterocycles. The van der Waals surface area contributed by atoms with Gasteiger partial charge in [0.2, 0.25) is 0 Å². The number of nitrogens with zero attached hydrogens (tertiary/aromatic N) is 1. The van der Waals surface area contributed by atoms with Crippen LogP contribution >= 0.6 is 27.5 Å². The van der Waals surface area contributed by atoms with E-state index in [0.717, 1.165) is 0 Å². The highest BCUT2D eigenvalue weighted by atomic mass is 79.9. The van der Waals surface area contributed by atoms with E-state index in [0.29, 0.717) is 10.0 Å². The largest absolute Gasteiger partial charge is 0.478 e. The molecule has 1 aliphatic heterocycles. The van der Waals surface area contributed by atoms with Crippen LogP contribution in [0.3, 0.4) is 0 Å². The van der Waals surface area contributed by atoms with Gasteiger partial charge in [0.05, 0.1) is 22.3 Å². The predicted molar refractivity (Wildman–Crippen MR) is 105 cm³/mol. The molecule has 0 unspecified atom stereocenters. The number of carboxylic acid groups (broad SMARTS) is 1. The Bertz CT molecular complexity index is 994. The number of hydrogen-bond acceptors (Lipinski definition) is 3. The van der Waals surface area contributed by atoms with Gasteiger partial charge in [0.15, 0.2) is 5.78 Å². The van der Waals surface area contributed by atoms with Gasteiger partial charge in [-0.15, -0.1) is 0 Å². The molecule has 3 rings (SSSR count). The third-order valence-electron chi connectivity index (χ3n) is 4.17. The van der Waals surface area contributed by atoms with Gasteiger partial charge in [0.1, 0.15) is 5.82 Å². The van der Waals surface area contributed by atoms with Crippen LogP contribution in [-0.4, -0.2) is 27.8 Å². The van der Waals surface area contributed by atoms with Crippen molar-refractivity contribution in [2.45, 2.75) is 12.5 Å². The molecule has 0 aliphatic carbocycles. The SMILES string of the molecule is O=C1C=CN(C(=O)Nc2cc(C(=O)O)c(Cl)cc2Br)[C@H](c2ccc(F)cc2)C1. The number of hydrogen-bond donors (Lipinski definition) is 2. The first-order chi connectivity index (χ1) is 13.3. The standard InChI is InChI=1S/C19H13BrClFN2O4/c20-14-9-15(21)13(18(26)27)8-16(14)23-19(28)24-6-5-12(25)7-17(24)10-1-3-11(22)4-2-10/h1-6,8-9,17H,7H2,(H,23,28)(H,26,27)/t17-/m0/s1. The van der Waals surface area contributed by atoms with Crippen LogP contribution in [0.2, 0.25) is 5.02 Å². The van der Waals surface area contributed by atoms with Crippen molar-refractivity contribution >= 4 is 51.0 Å². The Morgan fingerprint density at radius 3 is 2.57 bits per heavy atom. The molecular weight excluding hydrogens is 455 g/mol. The lowest BCUT2D eigenvalue weighted by Gasteiger charge is -2.31. The fourth-order valence-electron chi connectivity index (χ4n) is 2.79. The van der Waals surface area contributed by atoms with Crippen molar-refractivity contribution < 1.29 is 23.9 Å². The first-order valence-electron chi connectivity index (χ1n) is 8.04. The third kappa shape index (κ3) is 4.23. The number of ketones is 1. The maximum atomic E-state index is 13.2. The van der Waals surface area contributed by atoms with Crippen LogP contribution in [0.4, 0.5) is 14.9 Å². The Kier molecular flexibility index (Phi) is 5.81. The maximum absolute atomic E-state index is 13.2. The van der Waals surface area contributed by atoms with E-state index < -0.39 is 23.9 Å². The normalized spacial score (nSPS) is 16.2. The van der Waals surface area contributed by atoms with E-state index in [1.54, 1.807) is 0 Å². The zero-order valence-electron chi connectivity index (χ0n) is 14.2. The molecule has 2 amide bonds. The summed E-state index contributed by atoms with van der Waals surface area (Å²) in [4.78, 5) is 37.2. The summed E-state index contributed by atoms with van der Waals surface area (Å²) in [6, 6.07) is 6.92. The highest BCUT2D eigenvalue weighted by Crippen LogP contribution is 2.32. The van der Waals surface area contributed by atoms with Crippen molar-refractivity contribution in [3.8, 4) is 0 Å². The molecule has 28 heavy (non-hydrogen) atoms. The van der Waals surface area contributed by atoms with Gasteiger partial charge in [-0.05, 0) is 51.8 Å². The number of allylic oxidation sites excluding steroid dienone is 1. The molecule has 2 aromatic carbocycles. The molecule has 1 heterocycles. The van der Waals surface area contributed by atoms with Crippen molar-refractivity contribution in [3.63, 3.8) is 0 Å². The van der Waals surface area contributed by atoms with Gasteiger partial charge in [0.25, 0.3) is 0 Å². The predicted octanol–water partition coefficient (Wildman–Crippen LogP) is 5.00. The molecule has 0 spiro atoms. The molecule has 9 heteroatoms. The number of nitrogens with one attached hydrogen (secondary N) is 1. The smallest absolute Gasteiger partial charge is 0.337 e. The average Bonchev–Trinajstić information content (AvgIpc) is 2.64. The van der Waals surface area contributed by atoms with Gasteiger partial charge in [-0.3, -0.25) is 9.69 Å². The van der Waals surface area contributed by atoms with Crippen LogP contribution < -0.4 is 5.32 Å². The number of carbonyl (C=O) groups excluding carboxylic acids is 2. The van der Waals surface area contributed by atoms with Crippen LogP contribution in [0, 0.1) is 5.82 Å². The number of rotatable bonds is 3. The molecule has 0 fully saturated rings. The van der Waals surface area contributed by atoms with Crippen molar-refractivity contribution in [1.82, 2.24) is 4.90 Å². The van der Waals surface area contributed by atoms with E-state index in [1.807, 2.05) is 0 Å². The van der Waals surface area contributed by atoms with Gasteiger partial charge in [-0.25, -0.2) is 14.0 Å². The molecule has 1 atom stereocenters.